The number of hydrogen-bond donors (Lipinski definition) is 2. The van der Waals surface area contributed by atoms with Gasteiger partial charge < -0.3 is 15.4 Å². The lowest BCUT2D eigenvalue weighted by atomic mass is 9.91. The predicted molar refractivity (Wildman–Crippen MR) is 133 cm³/mol. The fourth-order valence-electron chi connectivity index (χ4n) is 4.44. The molecule has 0 unspecified atom stereocenters. The summed E-state index contributed by atoms with van der Waals surface area (Å²) < 4.78 is 5.81. The van der Waals surface area contributed by atoms with Crippen LogP contribution in [0.2, 0.25) is 5.02 Å². The monoisotopic (exact) mass is 452 g/mol. The van der Waals surface area contributed by atoms with Crippen molar-refractivity contribution in [1.82, 2.24) is 15.3 Å². The third-order valence-corrected chi connectivity index (χ3v) is 6.37. The Morgan fingerprint density at radius 3 is 2.72 bits per heavy atom. The summed E-state index contributed by atoms with van der Waals surface area (Å²) in [5.41, 5.74) is 4.32. The van der Waals surface area contributed by atoms with Gasteiger partial charge in [-0.3, -0.25) is 9.97 Å². The van der Waals surface area contributed by atoms with Crippen LogP contribution in [-0.2, 0) is 11.2 Å². The van der Waals surface area contributed by atoms with Crippen LogP contribution in [0.3, 0.4) is 0 Å². The number of rotatable bonds is 10. The van der Waals surface area contributed by atoms with Gasteiger partial charge in [-0.05, 0) is 81.8 Å². The smallest absolute Gasteiger partial charge is 0.0737 e. The van der Waals surface area contributed by atoms with E-state index in [1.807, 2.05) is 31.3 Å². The Labute approximate surface area is 195 Å². The number of aromatic nitrogens is 2. The summed E-state index contributed by atoms with van der Waals surface area (Å²) in [6.07, 6.45) is 8.55. The Hall–Kier alpha value is -2.21. The van der Waals surface area contributed by atoms with Gasteiger partial charge in [-0.25, -0.2) is 0 Å². The Bertz CT molecular complexity index is 1000. The SMILES string of the molecule is Cc1cccc(CCCOCCNC2CCC(Nc3ccnc4cc(Cl)ccc34)CC2)n1. The highest BCUT2D eigenvalue weighted by Crippen LogP contribution is 2.28. The lowest BCUT2D eigenvalue weighted by molar-refractivity contribution is 0.129. The number of hydrogen-bond acceptors (Lipinski definition) is 5. The average molecular weight is 453 g/mol. The molecule has 1 fully saturated rings. The lowest BCUT2D eigenvalue weighted by Crippen LogP contribution is -2.38. The third-order valence-electron chi connectivity index (χ3n) is 6.14. The molecule has 2 heterocycles. The van der Waals surface area contributed by atoms with Gasteiger partial charge in [0.2, 0.25) is 0 Å². The molecule has 0 amide bonds. The molecule has 32 heavy (non-hydrogen) atoms. The van der Waals surface area contributed by atoms with E-state index < -0.39 is 0 Å². The van der Waals surface area contributed by atoms with E-state index in [0.29, 0.717) is 12.1 Å². The minimum Gasteiger partial charge on any atom is -0.382 e. The molecule has 1 saturated carbocycles. The van der Waals surface area contributed by atoms with Crippen LogP contribution in [-0.4, -0.2) is 41.8 Å². The first-order valence-corrected chi connectivity index (χ1v) is 12.1. The van der Waals surface area contributed by atoms with Crippen LogP contribution in [0.25, 0.3) is 10.9 Å². The van der Waals surface area contributed by atoms with Gasteiger partial charge in [0, 0.05) is 58.9 Å². The number of pyridine rings is 2. The standard InChI is InChI=1S/C26H33ClN4O/c1-19-4-2-5-22(30-19)6-3-16-32-17-15-28-21-8-10-23(11-9-21)31-25-13-14-29-26-18-20(27)7-12-24(25)26/h2,4-5,7,12-14,18,21,23,28H,3,6,8-11,15-17H2,1H3,(H,29,31). The zero-order valence-corrected chi connectivity index (χ0v) is 19.6. The first-order valence-electron chi connectivity index (χ1n) is 11.7. The fourth-order valence-corrected chi connectivity index (χ4v) is 4.61. The molecular formula is C26H33ClN4O. The molecule has 4 rings (SSSR count). The number of fused-ring (bicyclic) bond motifs is 1. The molecule has 0 aliphatic heterocycles. The summed E-state index contributed by atoms with van der Waals surface area (Å²) in [6, 6.07) is 15.2. The van der Waals surface area contributed by atoms with Gasteiger partial charge >= 0.3 is 0 Å². The van der Waals surface area contributed by atoms with E-state index in [-0.39, 0.29) is 0 Å². The third kappa shape index (κ3) is 6.64. The highest BCUT2D eigenvalue weighted by molar-refractivity contribution is 6.31. The van der Waals surface area contributed by atoms with Crippen LogP contribution in [0.5, 0.6) is 0 Å². The zero-order chi connectivity index (χ0) is 22.2. The van der Waals surface area contributed by atoms with Crippen molar-refractivity contribution in [3.8, 4) is 0 Å². The van der Waals surface area contributed by atoms with Crippen molar-refractivity contribution < 1.29 is 4.74 Å². The molecule has 2 N–H and O–H groups in total. The summed E-state index contributed by atoms with van der Waals surface area (Å²) in [5.74, 6) is 0. The van der Waals surface area contributed by atoms with Crippen LogP contribution in [0.1, 0.15) is 43.5 Å². The van der Waals surface area contributed by atoms with Crippen LogP contribution < -0.4 is 10.6 Å². The largest absolute Gasteiger partial charge is 0.382 e. The normalized spacial score (nSPS) is 18.7. The van der Waals surface area contributed by atoms with Crippen LogP contribution in [0, 0.1) is 6.92 Å². The fraction of sp³-hybridized carbons (Fsp3) is 0.462. The number of aryl methyl sites for hydroxylation is 2. The lowest BCUT2D eigenvalue weighted by Gasteiger charge is -2.30. The van der Waals surface area contributed by atoms with Crippen LogP contribution in [0.4, 0.5) is 5.69 Å². The van der Waals surface area contributed by atoms with Gasteiger partial charge in [-0.1, -0.05) is 17.7 Å². The van der Waals surface area contributed by atoms with Gasteiger partial charge in [0.1, 0.15) is 0 Å². The second kappa shape index (κ2) is 11.6. The molecule has 1 aliphatic carbocycles. The number of nitrogens with zero attached hydrogens (tertiary/aromatic N) is 2. The molecule has 1 aliphatic rings. The quantitative estimate of drug-likeness (QED) is 0.395. The summed E-state index contributed by atoms with van der Waals surface area (Å²) >= 11 is 6.11. The molecule has 0 spiro atoms. The highest BCUT2D eigenvalue weighted by atomic mass is 35.5. The first-order chi connectivity index (χ1) is 15.7. The molecule has 170 valence electrons. The average Bonchev–Trinajstić information content (AvgIpc) is 2.79. The molecular weight excluding hydrogens is 420 g/mol. The number of halogens is 1. The molecule has 0 bridgehead atoms. The molecule has 2 aromatic heterocycles. The molecule has 5 nitrogen and oxygen atoms in total. The number of benzene rings is 1. The maximum Gasteiger partial charge on any atom is 0.0737 e. The van der Waals surface area contributed by atoms with Crippen LogP contribution >= 0.6 is 11.6 Å². The second-order valence-electron chi connectivity index (χ2n) is 8.65. The van der Waals surface area contributed by atoms with Gasteiger partial charge in [0.25, 0.3) is 0 Å². The summed E-state index contributed by atoms with van der Waals surface area (Å²) in [7, 11) is 0. The van der Waals surface area contributed by atoms with E-state index in [1.54, 1.807) is 0 Å². The second-order valence-corrected chi connectivity index (χ2v) is 9.09. The maximum atomic E-state index is 6.11. The van der Waals surface area contributed by atoms with Crippen molar-refractivity contribution in [2.24, 2.45) is 0 Å². The van der Waals surface area contributed by atoms with E-state index in [0.717, 1.165) is 65.6 Å². The van der Waals surface area contributed by atoms with E-state index >= 15 is 0 Å². The van der Waals surface area contributed by atoms with Crippen molar-refractivity contribution in [3.63, 3.8) is 0 Å². The molecule has 3 aromatic rings. The van der Waals surface area contributed by atoms with Crippen molar-refractivity contribution in [2.45, 2.75) is 57.5 Å². The van der Waals surface area contributed by atoms with Crippen LogP contribution in [0.15, 0.2) is 48.7 Å². The van der Waals surface area contributed by atoms with E-state index in [9.17, 15) is 0 Å². The molecule has 6 heteroatoms. The maximum absolute atomic E-state index is 6.11. The van der Waals surface area contributed by atoms with Gasteiger partial charge in [0.15, 0.2) is 0 Å². The van der Waals surface area contributed by atoms with Crippen molar-refractivity contribution in [2.75, 3.05) is 25.1 Å². The highest BCUT2D eigenvalue weighted by Gasteiger charge is 2.21. The van der Waals surface area contributed by atoms with Gasteiger partial charge in [-0.15, -0.1) is 0 Å². The summed E-state index contributed by atoms with van der Waals surface area (Å²) in [6.45, 7) is 4.51. The topological polar surface area (TPSA) is 59.1 Å². The number of ether oxygens (including phenoxy) is 1. The predicted octanol–water partition coefficient (Wildman–Crippen LogP) is 5.55. The zero-order valence-electron chi connectivity index (χ0n) is 18.8. The van der Waals surface area contributed by atoms with E-state index in [2.05, 4.69) is 44.9 Å². The van der Waals surface area contributed by atoms with Crippen molar-refractivity contribution in [1.29, 1.82) is 0 Å². The Morgan fingerprint density at radius 1 is 1.03 bits per heavy atom. The Balaban J connectivity index is 1.10. The molecule has 0 saturated heterocycles. The minimum atomic E-state index is 0.501. The Kier molecular flexibility index (Phi) is 8.32. The van der Waals surface area contributed by atoms with E-state index in [4.69, 9.17) is 16.3 Å². The van der Waals surface area contributed by atoms with Crippen molar-refractivity contribution >= 4 is 28.2 Å². The first kappa shape index (κ1) is 23.0. The molecule has 0 radical (unpaired) electrons. The van der Waals surface area contributed by atoms with Gasteiger partial charge in [-0.2, -0.15) is 0 Å². The number of nitrogens with one attached hydrogen (secondary N) is 2. The van der Waals surface area contributed by atoms with Gasteiger partial charge in [0.05, 0.1) is 12.1 Å². The van der Waals surface area contributed by atoms with E-state index in [1.165, 1.54) is 25.7 Å². The van der Waals surface area contributed by atoms with Crippen molar-refractivity contribution in [3.05, 3.63) is 65.1 Å². The minimum absolute atomic E-state index is 0.501. The number of anilines is 1. The summed E-state index contributed by atoms with van der Waals surface area (Å²) in [5, 5.41) is 9.25. The molecule has 1 aromatic carbocycles. The summed E-state index contributed by atoms with van der Waals surface area (Å²) in [4.78, 5) is 8.98. The Morgan fingerprint density at radius 2 is 1.88 bits per heavy atom. The molecule has 0 atom stereocenters.